The molecule has 22 heavy (non-hydrogen) atoms. The summed E-state index contributed by atoms with van der Waals surface area (Å²) in [6, 6.07) is 20.2. The van der Waals surface area contributed by atoms with Crippen LogP contribution in [0.15, 0.2) is 72.9 Å². The Bertz CT molecular complexity index is 817. The maximum Gasteiger partial charge on any atom is 0.262 e. The fourth-order valence-corrected chi connectivity index (χ4v) is 2.50. The van der Waals surface area contributed by atoms with Gasteiger partial charge >= 0.3 is 0 Å². The number of hydrogen-bond donors (Lipinski definition) is 0. The third-order valence-electron chi connectivity index (χ3n) is 3.55. The Hall–Kier alpha value is -2.94. The summed E-state index contributed by atoms with van der Waals surface area (Å²) in [5.74, 6) is -0.203. The van der Waals surface area contributed by atoms with Crippen molar-refractivity contribution in [2.75, 3.05) is 0 Å². The van der Waals surface area contributed by atoms with E-state index in [1.807, 2.05) is 48.5 Å². The highest BCUT2D eigenvalue weighted by Gasteiger charge is 2.19. The molecule has 0 aliphatic rings. The Balaban J connectivity index is 2.17. The second kappa shape index (κ2) is 5.82. The van der Waals surface area contributed by atoms with Crippen LogP contribution in [0, 0.1) is 0 Å². The lowest BCUT2D eigenvalue weighted by molar-refractivity contribution is 0.0962. The molecule has 0 saturated heterocycles. The zero-order valence-corrected chi connectivity index (χ0v) is 12.2. The molecule has 0 unspecified atom stereocenters. The van der Waals surface area contributed by atoms with Gasteiger partial charge in [-0.3, -0.25) is 14.2 Å². The molecule has 0 fully saturated rings. The van der Waals surface area contributed by atoms with Crippen molar-refractivity contribution < 1.29 is 9.59 Å². The van der Waals surface area contributed by atoms with E-state index in [9.17, 15) is 9.59 Å². The quantitative estimate of drug-likeness (QED) is 0.682. The highest BCUT2D eigenvalue weighted by molar-refractivity contribution is 6.05. The number of aromatic nitrogens is 1. The molecule has 3 aromatic rings. The molecule has 0 N–H and O–H groups in total. The van der Waals surface area contributed by atoms with E-state index >= 15 is 0 Å². The van der Waals surface area contributed by atoms with E-state index in [2.05, 4.69) is 0 Å². The van der Waals surface area contributed by atoms with Gasteiger partial charge in [-0.1, -0.05) is 48.5 Å². The highest BCUT2D eigenvalue weighted by atomic mass is 16.2. The summed E-state index contributed by atoms with van der Waals surface area (Å²) in [5.41, 5.74) is 2.63. The molecule has 108 valence electrons. The van der Waals surface area contributed by atoms with E-state index in [-0.39, 0.29) is 11.7 Å². The second-order valence-electron chi connectivity index (χ2n) is 5.04. The normalized spacial score (nSPS) is 10.4. The standard InChI is InChI=1S/C19H15NO2/c1-14(21)17-12-13-20(18(17)15-8-4-2-5-9-15)19(22)16-10-6-3-7-11-16/h2-13H,1H3. The van der Waals surface area contributed by atoms with E-state index in [0.29, 0.717) is 16.8 Å². The molecule has 3 nitrogen and oxygen atoms in total. The predicted octanol–water partition coefficient (Wildman–Crippen LogP) is 4.05. The number of benzene rings is 2. The van der Waals surface area contributed by atoms with Crippen LogP contribution < -0.4 is 0 Å². The first kappa shape index (κ1) is 14.0. The molecule has 2 aromatic carbocycles. The Labute approximate surface area is 128 Å². The van der Waals surface area contributed by atoms with Gasteiger partial charge in [0.1, 0.15) is 0 Å². The van der Waals surface area contributed by atoms with Crippen LogP contribution in [-0.2, 0) is 0 Å². The lowest BCUT2D eigenvalue weighted by atomic mass is 10.1. The van der Waals surface area contributed by atoms with Gasteiger partial charge in [0, 0.05) is 17.3 Å². The van der Waals surface area contributed by atoms with Crippen LogP contribution in [0.25, 0.3) is 11.3 Å². The lowest BCUT2D eigenvalue weighted by Crippen LogP contribution is -2.13. The van der Waals surface area contributed by atoms with Gasteiger partial charge in [0.25, 0.3) is 5.91 Å². The van der Waals surface area contributed by atoms with Gasteiger partial charge in [0.05, 0.1) is 5.69 Å². The highest BCUT2D eigenvalue weighted by Crippen LogP contribution is 2.26. The average Bonchev–Trinajstić information content (AvgIpc) is 3.01. The predicted molar refractivity (Wildman–Crippen MR) is 86.0 cm³/mol. The number of Topliss-reactive ketones (excluding diaryl/α,β-unsaturated/α-hetero) is 1. The zero-order valence-electron chi connectivity index (χ0n) is 12.2. The van der Waals surface area contributed by atoms with Gasteiger partial charge in [-0.2, -0.15) is 0 Å². The molecule has 3 rings (SSSR count). The third-order valence-corrected chi connectivity index (χ3v) is 3.55. The third kappa shape index (κ3) is 2.49. The summed E-state index contributed by atoms with van der Waals surface area (Å²) in [6.07, 6.45) is 1.66. The Kier molecular flexibility index (Phi) is 3.71. The lowest BCUT2D eigenvalue weighted by Gasteiger charge is -2.10. The number of nitrogens with zero attached hydrogens (tertiary/aromatic N) is 1. The van der Waals surface area contributed by atoms with Crippen molar-refractivity contribution in [3.63, 3.8) is 0 Å². The molecule has 0 aliphatic heterocycles. The van der Waals surface area contributed by atoms with Crippen molar-refractivity contribution in [1.82, 2.24) is 4.57 Å². The van der Waals surface area contributed by atoms with Gasteiger partial charge in [-0.15, -0.1) is 0 Å². The minimum atomic E-state index is -0.146. The number of ketones is 1. The summed E-state index contributed by atoms with van der Waals surface area (Å²) in [6.45, 7) is 1.51. The maximum absolute atomic E-state index is 12.7. The molecule has 0 atom stereocenters. The van der Waals surface area contributed by atoms with Crippen molar-refractivity contribution in [2.24, 2.45) is 0 Å². The summed E-state index contributed by atoms with van der Waals surface area (Å²) in [5, 5.41) is 0. The minimum absolute atomic E-state index is 0.0570. The molecule has 0 saturated carbocycles. The first-order valence-corrected chi connectivity index (χ1v) is 7.06. The van der Waals surface area contributed by atoms with E-state index in [1.54, 1.807) is 29.0 Å². The van der Waals surface area contributed by atoms with Crippen LogP contribution in [0.5, 0.6) is 0 Å². The fraction of sp³-hybridized carbons (Fsp3) is 0.0526. The van der Waals surface area contributed by atoms with Gasteiger partial charge in [0.15, 0.2) is 5.78 Å². The van der Waals surface area contributed by atoms with Crippen molar-refractivity contribution in [3.8, 4) is 11.3 Å². The molecule has 1 aromatic heterocycles. The molecular formula is C19H15NO2. The van der Waals surface area contributed by atoms with Crippen molar-refractivity contribution in [1.29, 1.82) is 0 Å². The van der Waals surface area contributed by atoms with Crippen LogP contribution in [0.3, 0.4) is 0 Å². The molecular weight excluding hydrogens is 274 g/mol. The molecule has 1 heterocycles. The van der Waals surface area contributed by atoms with Crippen LogP contribution in [0.2, 0.25) is 0 Å². The first-order chi connectivity index (χ1) is 10.7. The van der Waals surface area contributed by atoms with E-state index in [4.69, 9.17) is 0 Å². The van der Waals surface area contributed by atoms with Crippen molar-refractivity contribution in [3.05, 3.63) is 84.1 Å². The summed E-state index contributed by atoms with van der Waals surface area (Å²) in [4.78, 5) is 24.6. The van der Waals surface area contributed by atoms with Crippen molar-refractivity contribution >= 4 is 11.7 Å². The zero-order chi connectivity index (χ0) is 15.5. The first-order valence-electron chi connectivity index (χ1n) is 7.06. The van der Waals surface area contributed by atoms with Crippen LogP contribution in [0.4, 0.5) is 0 Å². The molecule has 0 aliphatic carbocycles. The molecule has 3 heteroatoms. The Morgan fingerprint density at radius 1 is 0.818 bits per heavy atom. The summed E-state index contributed by atoms with van der Waals surface area (Å²) >= 11 is 0. The average molecular weight is 289 g/mol. The molecule has 0 radical (unpaired) electrons. The largest absolute Gasteiger partial charge is 0.294 e. The van der Waals surface area contributed by atoms with Crippen LogP contribution >= 0.6 is 0 Å². The molecule has 0 bridgehead atoms. The van der Waals surface area contributed by atoms with Gasteiger partial charge < -0.3 is 0 Å². The fourth-order valence-electron chi connectivity index (χ4n) is 2.50. The van der Waals surface area contributed by atoms with Crippen LogP contribution in [0.1, 0.15) is 27.6 Å². The monoisotopic (exact) mass is 289 g/mol. The number of carbonyl (C=O) groups excluding carboxylic acids is 2. The molecule has 0 spiro atoms. The van der Waals surface area contributed by atoms with Gasteiger partial charge in [0.2, 0.25) is 0 Å². The van der Waals surface area contributed by atoms with E-state index < -0.39 is 0 Å². The summed E-state index contributed by atoms with van der Waals surface area (Å²) < 4.78 is 1.54. The number of rotatable bonds is 3. The van der Waals surface area contributed by atoms with E-state index in [0.717, 1.165) is 5.56 Å². The van der Waals surface area contributed by atoms with E-state index in [1.165, 1.54) is 6.92 Å². The second-order valence-corrected chi connectivity index (χ2v) is 5.04. The minimum Gasteiger partial charge on any atom is -0.294 e. The van der Waals surface area contributed by atoms with Gasteiger partial charge in [-0.05, 0) is 30.7 Å². The SMILES string of the molecule is CC(=O)c1ccn(C(=O)c2ccccc2)c1-c1ccccc1. The summed E-state index contributed by atoms with van der Waals surface area (Å²) in [7, 11) is 0. The smallest absolute Gasteiger partial charge is 0.262 e. The number of hydrogen-bond acceptors (Lipinski definition) is 2. The maximum atomic E-state index is 12.7. The van der Waals surface area contributed by atoms with Gasteiger partial charge in [-0.25, -0.2) is 0 Å². The number of carbonyl (C=O) groups is 2. The van der Waals surface area contributed by atoms with Crippen LogP contribution in [-0.4, -0.2) is 16.3 Å². The Morgan fingerprint density at radius 2 is 1.41 bits per heavy atom. The topological polar surface area (TPSA) is 39.1 Å². The van der Waals surface area contributed by atoms with Crippen molar-refractivity contribution in [2.45, 2.75) is 6.92 Å². The molecule has 0 amide bonds. The Morgan fingerprint density at radius 3 is 2.00 bits per heavy atom.